The highest BCUT2D eigenvalue weighted by molar-refractivity contribution is 5.96. The van der Waals surface area contributed by atoms with Crippen molar-refractivity contribution in [1.29, 1.82) is 0 Å². The number of hydrogen-bond acceptors (Lipinski definition) is 4. The van der Waals surface area contributed by atoms with Crippen molar-refractivity contribution in [3.63, 3.8) is 0 Å². The number of nitrogens with one attached hydrogen (secondary N) is 1. The van der Waals surface area contributed by atoms with Gasteiger partial charge in [0.05, 0.1) is 30.3 Å². The standard InChI is InChI=1S/C28H31N3O3/c1-3-21-13-15-22(16-14-21)34-20-8-19-31-25-11-6-5-10-24(25)30-27(31)17-18-29-28(32)23-9-4-7-12-26(23)33-2/h4-7,9-16H,3,8,17-20H2,1-2H3,(H,29,32). The molecule has 0 spiro atoms. The van der Waals surface area contributed by atoms with E-state index in [4.69, 9.17) is 14.5 Å². The van der Waals surface area contributed by atoms with E-state index >= 15 is 0 Å². The monoisotopic (exact) mass is 457 g/mol. The number of rotatable bonds is 11. The van der Waals surface area contributed by atoms with E-state index in [1.165, 1.54) is 5.56 Å². The van der Waals surface area contributed by atoms with Crippen molar-refractivity contribution in [2.45, 2.75) is 32.7 Å². The fourth-order valence-electron chi connectivity index (χ4n) is 4.02. The zero-order chi connectivity index (χ0) is 23.8. The molecular formula is C28H31N3O3. The van der Waals surface area contributed by atoms with Crippen molar-refractivity contribution >= 4 is 16.9 Å². The molecule has 0 saturated heterocycles. The average Bonchev–Trinajstić information content (AvgIpc) is 3.24. The Hall–Kier alpha value is -3.80. The van der Waals surface area contributed by atoms with Crippen LogP contribution in [0.5, 0.6) is 11.5 Å². The summed E-state index contributed by atoms with van der Waals surface area (Å²) in [7, 11) is 1.57. The Bertz CT molecular complexity index is 1230. The number of methoxy groups -OCH3 is 1. The number of benzene rings is 3. The predicted octanol–water partition coefficient (Wildman–Crippen LogP) is 5.05. The number of carbonyl (C=O) groups excluding carboxylic acids is 1. The molecule has 34 heavy (non-hydrogen) atoms. The van der Waals surface area contributed by atoms with E-state index in [0.717, 1.165) is 42.0 Å². The fourth-order valence-corrected chi connectivity index (χ4v) is 4.02. The maximum Gasteiger partial charge on any atom is 0.255 e. The lowest BCUT2D eigenvalue weighted by Gasteiger charge is -2.12. The third-order valence-electron chi connectivity index (χ3n) is 5.85. The quantitative estimate of drug-likeness (QED) is 0.320. The Morgan fingerprint density at radius 2 is 1.76 bits per heavy atom. The van der Waals surface area contributed by atoms with Crippen molar-refractivity contribution < 1.29 is 14.3 Å². The number of aryl methyl sites for hydroxylation is 2. The van der Waals surface area contributed by atoms with Gasteiger partial charge in [0, 0.05) is 19.5 Å². The molecule has 4 aromatic rings. The lowest BCUT2D eigenvalue weighted by molar-refractivity contribution is 0.0951. The van der Waals surface area contributed by atoms with Gasteiger partial charge in [0.1, 0.15) is 17.3 Å². The SMILES string of the molecule is CCc1ccc(OCCCn2c(CCNC(=O)c3ccccc3OC)nc3ccccc32)cc1. The van der Waals surface area contributed by atoms with E-state index in [9.17, 15) is 4.79 Å². The van der Waals surface area contributed by atoms with Gasteiger partial charge in [0.2, 0.25) is 0 Å². The van der Waals surface area contributed by atoms with Crippen LogP contribution in [0.2, 0.25) is 0 Å². The van der Waals surface area contributed by atoms with Gasteiger partial charge in [-0.2, -0.15) is 0 Å². The predicted molar refractivity (Wildman–Crippen MR) is 135 cm³/mol. The van der Waals surface area contributed by atoms with Crippen LogP contribution in [0.25, 0.3) is 11.0 Å². The van der Waals surface area contributed by atoms with Crippen molar-refractivity contribution in [3.05, 3.63) is 89.7 Å². The minimum Gasteiger partial charge on any atom is -0.496 e. The maximum absolute atomic E-state index is 12.6. The lowest BCUT2D eigenvalue weighted by atomic mass is 10.2. The Kier molecular flexibility index (Phi) is 7.81. The number of aromatic nitrogens is 2. The zero-order valence-electron chi connectivity index (χ0n) is 19.8. The first-order valence-corrected chi connectivity index (χ1v) is 11.8. The smallest absolute Gasteiger partial charge is 0.255 e. The van der Waals surface area contributed by atoms with Crippen molar-refractivity contribution in [3.8, 4) is 11.5 Å². The highest BCUT2D eigenvalue weighted by atomic mass is 16.5. The molecule has 0 aliphatic rings. The summed E-state index contributed by atoms with van der Waals surface area (Å²) in [4.78, 5) is 17.4. The lowest BCUT2D eigenvalue weighted by Crippen LogP contribution is -2.27. The number of hydrogen-bond donors (Lipinski definition) is 1. The van der Waals surface area contributed by atoms with Crippen molar-refractivity contribution in [1.82, 2.24) is 14.9 Å². The summed E-state index contributed by atoms with van der Waals surface area (Å²) in [6, 6.07) is 23.6. The van der Waals surface area contributed by atoms with Gasteiger partial charge in [-0.3, -0.25) is 4.79 Å². The second-order valence-electron chi connectivity index (χ2n) is 8.07. The molecule has 1 N–H and O–H groups in total. The summed E-state index contributed by atoms with van der Waals surface area (Å²) in [6.07, 6.45) is 2.52. The molecule has 0 radical (unpaired) electrons. The van der Waals surface area contributed by atoms with Gasteiger partial charge in [0.15, 0.2) is 0 Å². The normalized spacial score (nSPS) is 10.9. The van der Waals surface area contributed by atoms with Crippen molar-refractivity contribution in [2.75, 3.05) is 20.3 Å². The fraction of sp³-hybridized carbons (Fsp3) is 0.286. The first kappa shape index (κ1) is 23.4. The van der Waals surface area contributed by atoms with Gasteiger partial charge in [-0.05, 0) is 54.8 Å². The largest absolute Gasteiger partial charge is 0.496 e. The minimum atomic E-state index is -0.150. The second kappa shape index (κ2) is 11.4. The topological polar surface area (TPSA) is 65.4 Å². The minimum absolute atomic E-state index is 0.150. The Labute approximate surface area is 200 Å². The summed E-state index contributed by atoms with van der Waals surface area (Å²) in [5, 5.41) is 2.99. The Morgan fingerprint density at radius 1 is 1.00 bits per heavy atom. The molecule has 0 aliphatic heterocycles. The van der Waals surface area contributed by atoms with Crippen LogP contribution >= 0.6 is 0 Å². The molecule has 176 valence electrons. The third-order valence-corrected chi connectivity index (χ3v) is 5.85. The van der Waals surface area contributed by atoms with Crippen LogP contribution in [0.3, 0.4) is 0 Å². The first-order valence-electron chi connectivity index (χ1n) is 11.8. The molecule has 6 nitrogen and oxygen atoms in total. The number of imidazole rings is 1. The Balaban J connectivity index is 1.37. The van der Waals surface area contributed by atoms with Crippen LogP contribution in [0, 0.1) is 0 Å². The van der Waals surface area contributed by atoms with Crippen LogP contribution in [-0.4, -0.2) is 35.7 Å². The number of nitrogens with zero attached hydrogens (tertiary/aromatic N) is 2. The highest BCUT2D eigenvalue weighted by Gasteiger charge is 2.13. The van der Waals surface area contributed by atoms with Gasteiger partial charge >= 0.3 is 0 Å². The molecule has 0 atom stereocenters. The zero-order valence-corrected chi connectivity index (χ0v) is 19.8. The molecule has 0 saturated carbocycles. The summed E-state index contributed by atoms with van der Waals surface area (Å²) >= 11 is 0. The summed E-state index contributed by atoms with van der Waals surface area (Å²) in [5.74, 6) is 2.26. The molecule has 1 amide bonds. The molecule has 4 rings (SSSR count). The van der Waals surface area contributed by atoms with E-state index in [2.05, 4.69) is 35.0 Å². The van der Waals surface area contributed by atoms with Crippen molar-refractivity contribution in [2.24, 2.45) is 0 Å². The van der Waals surface area contributed by atoms with E-state index in [-0.39, 0.29) is 5.91 Å². The van der Waals surface area contributed by atoms with Gasteiger partial charge in [-0.1, -0.05) is 43.3 Å². The summed E-state index contributed by atoms with van der Waals surface area (Å²) in [6.45, 7) is 4.05. The van der Waals surface area contributed by atoms with Crippen LogP contribution in [0.1, 0.15) is 35.1 Å². The van der Waals surface area contributed by atoms with E-state index in [1.54, 1.807) is 19.2 Å². The van der Waals surface area contributed by atoms with E-state index in [1.807, 2.05) is 42.5 Å². The second-order valence-corrected chi connectivity index (χ2v) is 8.07. The number of amides is 1. The highest BCUT2D eigenvalue weighted by Crippen LogP contribution is 2.19. The molecule has 0 aliphatic carbocycles. The van der Waals surface area contributed by atoms with Crippen LogP contribution in [0.15, 0.2) is 72.8 Å². The van der Waals surface area contributed by atoms with Gasteiger partial charge in [-0.15, -0.1) is 0 Å². The third kappa shape index (κ3) is 5.57. The number of carbonyl (C=O) groups is 1. The number of fused-ring (bicyclic) bond motifs is 1. The molecule has 0 unspecified atom stereocenters. The molecule has 1 aromatic heterocycles. The van der Waals surface area contributed by atoms with E-state index in [0.29, 0.717) is 30.9 Å². The van der Waals surface area contributed by atoms with Gasteiger partial charge in [0.25, 0.3) is 5.91 Å². The summed E-state index contributed by atoms with van der Waals surface area (Å²) < 4.78 is 13.5. The maximum atomic E-state index is 12.6. The Morgan fingerprint density at radius 3 is 2.56 bits per heavy atom. The van der Waals surface area contributed by atoms with Crippen LogP contribution in [0.4, 0.5) is 0 Å². The van der Waals surface area contributed by atoms with Crippen LogP contribution in [-0.2, 0) is 19.4 Å². The van der Waals surface area contributed by atoms with Crippen LogP contribution < -0.4 is 14.8 Å². The van der Waals surface area contributed by atoms with E-state index < -0.39 is 0 Å². The summed E-state index contributed by atoms with van der Waals surface area (Å²) in [5.41, 5.74) is 3.90. The number of para-hydroxylation sites is 3. The molecule has 1 heterocycles. The molecule has 0 bridgehead atoms. The molecule has 6 heteroatoms. The first-order chi connectivity index (χ1) is 16.7. The molecule has 3 aromatic carbocycles. The molecular weight excluding hydrogens is 426 g/mol. The average molecular weight is 458 g/mol. The van der Waals surface area contributed by atoms with Gasteiger partial charge < -0.3 is 19.4 Å². The van der Waals surface area contributed by atoms with Gasteiger partial charge in [-0.25, -0.2) is 4.98 Å². The molecule has 0 fully saturated rings. The number of ether oxygens (including phenoxy) is 2.